The van der Waals surface area contributed by atoms with Crippen LogP contribution in [0.3, 0.4) is 0 Å². The van der Waals surface area contributed by atoms with Gasteiger partial charge in [0.05, 0.1) is 0 Å². The monoisotopic (exact) mass is 201 g/mol. The smallest absolute Gasteiger partial charge is 0.311 e. The van der Waals surface area contributed by atoms with Crippen molar-refractivity contribution in [3.05, 3.63) is 0 Å². The summed E-state index contributed by atoms with van der Waals surface area (Å²) in [7, 11) is 0. The Balaban J connectivity index is 3.35. The molecule has 0 atom stereocenters. The fourth-order valence-corrected chi connectivity index (χ4v) is 1.03. The summed E-state index contributed by atoms with van der Waals surface area (Å²) >= 11 is 0.0118. The van der Waals surface area contributed by atoms with Gasteiger partial charge in [0.15, 0.2) is 0 Å². The van der Waals surface area contributed by atoms with Gasteiger partial charge in [-0.25, -0.2) is 0 Å². The lowest BCUT2D eigenvalue weighted by atomic mass is 10.1. The van der Waals surface area contributed by atoms with E-state index >= 15 is 0 Å². The van der Waals surface area contributed by atoms with Crippen LogP contribution in [-0.2, 0) is 0 Å². The molecule has 0 aromatic carbocycles. The van der Waals surface area contributed by atoms with Gasteiger partial charge in [-0.1, -0.05) is 0 Å². The fraction of sp³-hybridized carbons (Fsp3) is 1.00. The van der Waals surface area contributed by atoms with Crippen LogP contribution in [0.4, 0.5) is 13.2 Å². The summed E-state index contributed by atoms with van der Waals surface area (Å²) in [6.07, 6.45) is 0. The summed E-state index contributed by atoms with van der Waals surface area (Å²) in [4.78, 5) is 0. The first kappa shape index (κ1) is 12.1. The Morgan fingerprint density at radius 2 is 1.67 bits per heavy atom. The first-order valence-corrected chi connectivity index (χ1v) is 4.65. The highest BCUT2D eigenvalue weighted by Crippen LogP contribution is 2.29. The van der Waals surface area contributed by atoms with Gasteiger partial charge in [-0.05, 0) is 32.5 Å². The number of hydrogen-bond donors (Lipinski definition) is 1. The summed E-state index contributed by atoms with van der Waals surface area (Å²) in [5.74, 6) is 0.0702. The van der Waals surface area contributed by atoms with Crippen LogP contribution >= 0.6 is 11.8 Å². The Labute approximate surface area is 75.1 Å². The molecule has 1 N–H and O–H groups in total. The van der Waals surface area contributed by atoms with E-state index in [-0.39, 0.29) is 23.1 Å². The SMILES string of the molecule is CC(C)(C)NCCSC(F)(F)F. The summed E-state index contributed by atoms with van der Waals surface area (Å²) in [6, 6.07) is 0. The minimum Gasteiger partial charge on any atom is -0.311 e. The van der Waals surface area contributed by atoms with Gasteiger partial charge in [0.1, 0.15) is 0 Å². The molecule has 0 unspecified atom stereocenters. The van der Waals surface area contributed by atoms with Gasteiger partial charge in [0, 0.05) is 17.8 Å². The molecule has 0 aliphatic carbocycles. The van der Waals surface area contributed by atoms with Crippen molar-refractivity contribution in [2.75, 3.05) is 12.3 Å². The van der Waals surface area contributed by atoms with Crippen molar-refractivity contribution >= 4 is 11.8 Å². The van der Waals surface area contributed by atoms with E-state index in [0.717, 1.165) is 0 Å². The lowest BCUT2D eigenvalue weighted by Gasteiger charge is -2.20. The summed E-state index contributed by atoms with van der Waals surface area (Å²) in [5.41, 5.74) is -4.20. The lowest BCUT2D eigenvalue weighted by Crippen LogP contribution is -2.37. The second-order valence-electron chi connectivity index (χ2n) is 3.47. The molecule has 0 rings (SSSR count). The van der Waals surface area contributed by atoms with Crippen molar-refractivity contribution in [2.24, 2.45) is 0 Å². The molecule has 0 aromatic heterocycles. The normalized spacial score (nSPS) is 13.5. The Kier molecular flexibility index (Phi) is 4.40. The average molecular weight is 201 g/mol. The van der Waals surface area contributed by atoms with E-state index in [1.807, 2.05) is 20.8 Å². The van der Waals surface area contributed by atoms with Crippen molar-refractivity contribution in [3.63, 3.8) is 0 Å². The first-order valence-electron chi connectivity index (χ1n) is 3.66. The van der Waals surface area contributed by atoms with Crippen LogP contribution in [0.15, 0.2) is 0 Å². The Hall–Kier alpha value is 0.100. The number of hydrogen-bond acceptors (Lipinski definition) is 2. The van der Waals surface area contributed by atoms with Crippen LogP contribution in [0.2, 0.25) is 0 Å². The molecule has 12 heavy (non-hydrogen) atoms. The van der Waals surface area contributed by atoms with Crippen molar-refractivity contribution in [1.29, 1.82) is 0 Å². The fourth-order valence-electron chi connectivity index (χ4n) is 0.593. The highest BCUT2D eigenvalue weighted by molar-refractivity contribution is 8.00. The number of halogens is 3. The van der Waals surface area contributed by atoms with Crippen molar-refractivity contribution < 1.29 is 13.2 Å². The van der Waals surface area contributed by atoms with E-state index in [1.54, 1.807) is 0 Å². The molecule has 0 spiro atoms. The van der Waals surface area contributed by atoms with E-state index in [2.05, 4.69) is 5.32 Å². The number of alkyl halides is 3. The molecule has 0 aliphatic heterocycles. The maximum absolute atomic E-state index is 11.6. The van der Waals surface area contributed by atoms with Crippen LogP contribution in [-0.4, -0.2) is 23.3 Å². The zero-order valence-corrected chi connectivity index (χ0v) is 8.27. The van der Waals surface area contributed by atoms with Gasteiger partial charge in [-0.3, -0.25) is 0 Å². The highest BCUT2D eigenvalue weighted by atomic mass is 32.2. The number of thioether (sulfide) groups is 1. The zero-order chi connectivity index (χ0) is 9.83. The Bertz CT molecular complexity index is 112. The molecular weight excluding hydrogens is 187 g/mol. The standard InChI is InChI=1S/C7H14F3NS/c1-6(2,3)11-4-5-12-7(8,9)10/h11H,4-5H2,1-3H3. The van der Waals surface area contributed by atoms with E-state index in [4.69, 9.17) is 0 Å². The van der Waals surface area contributed by atoms with Gasteiger partial charge in [-0.15, -0.1) is 0 Å². The van der Waals surface area contributed by atoms with Gasteiger partial charge in [0.25, 0.3) is 0 Å². The van der Waals surface area contributed by atoms with E-state index < -0.39 is 5.51 Å². The van der Waals surface area contributed by atoms with Crippen molar-refractivity contribution in [3.8, 4) is 0 Å². The molecule has 0 amide bonds. The summed E-state index contributed by atoms with van der Waals surface area (Å²) in [5, 5.41) is 2.97. The van der Waals surface area contributed by atoms with Crippen LogP contribution in [0.25, 0.3) is 0 Å². The quantitative estimate of drug-likeness (QED) is 0.704. The van der Waals surface area contributed by atoms with Crippen LogP contribution in [0.1, 0.15) is 20.8 Å². The number of nitrogens with one attached hydrogen (secondary N) is 1. The lowest BCUT2D eigenvalue weighted by molar-refractivity contribution is -0.0327. The topological polar surface area (TPSA) is 12.0 Å². The third kappa shape index (κ3) is 10.1. The molecule has 0 aromatic rings. The Morgan fingerprint density at radius 3 is 2.00 bits per heavy atom. The average Bonchev–Trinajstić information content (AvgIpc) is 1.76. The maximum atomic E-state index is 11.6. The van der Waals surface area contributed by atoms with Crippen LogP contribution in [0, 0.1) is 0 Å². The highest BCUT2D eigenvalue weighted by Gasteiger charge is 2.27. The zero-order valence-electron chi connectivity index (χ0n) is 7.46. The molecule has 0 saturated heterocycles. The van der Waals surface area contributed by atoms with Gasteiger partial charge >= 0.3 is 5.51 Å². The minimum atomic E-state index is -4.10. The molecule has 0 bridgehead atoms. The van der Waals surface area contributed by atoms with E-state index in [0.29, 0.717) is 6.54 Å². The maximum Gasteiger partial charge on any atom is 0.441 e. The molecule has 5 heteroatoms. The second-order valence-corrected chi connectivity index (χ2v) is 4.63. The molecule has 74 valence electrons. The molecule has 0 aliphatic rings. The molecule has 0 saturated carbocycles. The predicted octanol–water partition coefficient (Wildman–Crippen LogP) is 2.63. The second kappa shape index (κ2) is 4.37. The van der Waals surface area contributed by atoms with Gasteiger partial charge < -0.3 is 5.32 Å². The van der Waals surface area contributed by atoms with E-state index in [9.17, 15) is 13.2 Å². The van der Waals surface area contributed by atoms with Crippen LogP contribution < -0.4 is 5.32 Å². The van der Waals surface area contributed by atoms with Crippen molar-refractivity contribution in [1.82, 2.24) is 5.32 Å². The minimum absolute atomic E-state index is 0.0118. The molecule has 0 radical (unpaired) electrons. The Morgan fingerprint density at radius 1 is 1.17 bits per heavy atom. The first-order chi connectivity index (χ1) is 5.21. The number of rotatable bonds is 3. The summed E-state index contributed by atoms with van der Waals surface area (Å²) < 4.78 is 34.8. The molecule has 1 nitrogen and oxygen atoms in total. The molecule has 0 fully saturated rings. The molecule has 0 heterocycles. The molecular formula is C7H14F3NS. The van der Waals surface area contributed by atoms with Gasteiger partial charge in [0.2, 0.25) is 0 Å². The van der Waals surface area contributed by atoms with Crippen molar-refractivity contribution in [2.45, 2.75) is 31.8 Å². The third-order valence-electron chi connectivity index (χ3n) is 1.02. The van der Waals surface area contributed by atoms with Crippen LogP contribution in [0.5, 0.6) is 0 Å². The third-order valence-corrected chi connectivity index (χ3v) is 1.76. The largest absolute Gasteiger partial charge is 0.441 e. The summed E-state index contributed by atoms with van der Waals surface area (Å²) in [6.45, 7) is 6.15. The predicted molar refractivity (Wildman–Crippen MR) is 46.3 cm³/mol. The van der Waals surface area contributed by atoms with Gasteiger partial charge in [-0.2, -0.15) is 13.2 Å². The van der Waals surface area contributed by atoms with E-state index in [1.165, 1.54) is 0 Å².